The fourth-order valence-electron chi connectivity index (χ4n) is 2.44. The minimum atomic E-state index is 0. The second-order valence-corrected chi connectivity index (χ2v) is 6.89. The first-order valence-electron chi connectivity index (χ1n) is 8.63. The molecule has 0 spiro atoms. The number of hydrogen-bond donors (Lipinski definition) is 2. The molecule has 0 aliphatic heterocycles. The van der Waals surface area contributed by atoms with E-state index < -0.39 is 0 Å². The summed E-state index contributed by atoms with van der Waals surface area (Å²) >= 11 is 3.50. The smallest absolute Gasteiger partial charge is 0.224 e. The van der Waals surface area contributed by atoms with E-state index in [4.69, 9.17) is 5.73 Å². The summed E-state index contributed by atoms with van der Waals surface area (Å²) in [6.07, 6.45) is 1.32. The summed E-state index contributed by atoms with van der Waals surface area (Å²) in [6, 6.07) is 15.9. The van der Waals surface area contributed by atoms with E-state index in [0.29, 0.717) is 25.5 Å². The van der Waals surface area contributed by atoms with Gasteiger partial charge in [-0.05, 0) is 35.7 Å². The molecule has 146 valence electrons. The molecule has 0 saturated heterocycles. The van der Waals surface area contributed by atoms with E-state index in [-0.39, 0.29) is 29.9 Å². The van der Waals surface area contributed by atoms with Gasteiger partial charge in [-0.15, -0.1) is 24.0 Å². The monoisotopic (exact) mass is 544 g/mol. The zero-order valence-corrected chi connectivity index (χ0v) is 19.5. The highest BCUT2D eigenvalue weighted by atomic mass is 127. The summed E-state index contributed by atoms with van der Waals surface area (Å²) in [4.78, 5) is 18.2. The fourth-order valence-corrected chi connectivity index (χ4v) is 2.85. The Morgan fingerprint density at radius 2 is 1.85 bits per heavy atom. The van der Waals surface area contributed by atoms with Crippen molar-refractivity contribution in [3.63, 3.8) is 0 Å². The number of anilines is 1. The van der Waals surface area contributed by atoms with E-state index in [9.17, 15) is 4.79 Å². The van der Waals surface area contributed by atoms with Crippen LogP contribution in [0.2, 0.25) is 0 Å². The van der Waals surface area contributed by atoms with Crippen molar-refractivity contribution in [2.24, 2.45) is 10.7 Å². The van der Waals surface area contributed by atoms with Crippen LogP contribution in [0.4, 0.5) is 5.69 Å². The maximum Gasteiger partial charge on any atom is 0.224 e. The molecule has 2 rings (SSSR count). The molecule has 2 aromatic rings. The van der Waals surface area contributed by atoms with Crippen molar-refractivity contribution in [3.8, 4) is 0 Å². The van der Waals surface area contributed by atoms with E-state index in [1.807, 2.05) is 36.4 Å². The highest BCUT2D eigenvalue weighted by Crippen LogP contribution is 2.17. The number of carbonyl (C=O) groups excluding carboxylic acids is 1. The highest BCUT2D eigenvalue weighted by molar-refractivity contribution is 14.0. The number of aliphatic imine (C=N–C) groups is 1. The van der Waals surface area contributed by atoms with Crippen LogP contribution in [0, 0.1) is 0 Å². The van der Waals surface area contributed by atoms with Gasteiger partial charge < -0.3 is 16.0 Å². The lowest BCUT2D eigenvalue weighted by Crippen LogP contribution is -2.28. The van der Waals surface area contributed by atoms with Gasteiger partial charge in [0.2, 0.25) is 5.91 Å². The summed E-state index contributed by atoms with van der Waals surface area (Å²) in [7, 11) is 1.79. The first kappa shape index (κ1) is 23.4. The number of nitrogens with one attached hydrogen (secondary N) is 1. The summed E-state index contributed by atoms with van der Waals surface area (Å²) in [5, 5.41) is 3.04. The molecule has 0 unspecified atom stereocenters. The fraction of sp³-hybridized carbons (Fsp3) is 0.300. The molecule has 1 amide bonds. The molecule has 2 aromatic carbocycles. The molecule has 0 aliphatic rings. The topological polar surface area (TPSA) is 70.7 Å². The number of nitrogens with zero attached hydrogens (tertiary/aromatic N) is 2. The molecule has 3 N–H and O–H groups in total. The van der Waals surface area contributed by atoms with Crippen molar-refractivity contribution >= 4 is 57.5 Å². The molecule has 0 fully saturated rings. The molecule has 0 heterocycles. The lowest BCUT2D eigenvalue weighted by molar-refractivity contribution is -0.130. The predicted octanol–water partition coefficient (Wildman–Crippen LogP) is 4.40. The molecule has 0 radical (unpaired) electrons. The number of hydrogen-bond acceptors (Lipinski definition) is 2. The summed E-state index contributed by atoms with van der Waals surface area (Å²) in [5.74, 6) is 0.347. The number of nitrogens with two attached hydrogens (primary N) is 1. The van der Waals surface area contributed by atoms with Gasteiger partial charge in [0.1, 0.15) is 0 Å². The Morgan fingerprint density at radius 3 is 2.48 bits per heavy atom. The van der Waals surface area contributed by atoms with Gasteiger partial charge in [0.25, 0.3) is 0 Å². The standard InChI is InChI=1S/C20H25BrN4O.HI/c1-3-15-8-10-17(11-9-15)24-20(22)23-13-12-19(26)25(2)14-16-6-4-5-7-18(16)21;/h4-11H,3,12-14H2,1-2H3,(H3,22,23,24);1H. The molecular weight excluding hydrogens is 519 g/mol. The van der Waals surface area contributed by atoms with Gasteiger partial charge in [-0.1, -0.05) is 53.2 Å². The van der Waals surface area contributed by atoms with Gasteiger partial charge in [0, 0.05) is 30.2 Å². The van der Waals surface area contributed by atoms with Gasteiger partial charge in [-0.2, -0.15) is 0 Å². The first-order valence-corrected chi connectivity index (χ1v) is 9.42. The third kappa shape index (κ3) is 7.88. The average molecular weight is 545 g/mol. The Morgan fingerprint density at radius 1 is 1.19 bits per heavy atom. The molecule has 0 atom stereocenters. The second-order valence-electron chi connectivity index (χ2n) is 6.03. The van der Waals surface area contributed by atoms with Crippen LogP contribution in [0.15, 0.2) is 58.0 Å². The largest absolute Gasteiger partial charge is 0.370 e. The van der Waals surface area contributed by atoms with Crippen molar-refractivity contribution in [2.45, 2.75) is 26.3 Å². The number of halogens is 2. The Labute approximate surface area is 186 Å². The highest BCUT2D eigenvalue weighted by Gasteiger charge is 2.10. The number of aryl methyl sites for hydroxylation is 1. The minimum Gasteiger partial charge on any atom is -0.370 e. The number of benzene rings is 2. The maximum absolute atomic E-state index is 12.2. The maximum atomic E-state index is 12.2. The first-order chi connectivity index (χ1) is 12.5. The zero-order chi connectivity index (χ0) is 18.9. The second kappa shape index (κ2) is 12.0. The van der Waals surface area contributed by atoms with Crippen molar-refractivity contribution in [2.75, 3.05) is 18.9 Å². The normalized spacial score (nSPS) is 10.9. The van der Waals surface area contributed by atoms with E-state index in [1.165, 1.54) is 5.56 Å². The van der Waals surface area contributed by atoms with Crippen molar-refractivity contribution < 1.29 is 4.79 Å². The lowest BCUT2D eigenvalue weighted by atomic mass is 10.1. The van der Waals surface area contributed by atoms with E-state index >= 15 is 0 Å². The Kier molecular flexibility index (Phi) is 10.4. The molecule has 5 nitrogen and oxygen atoms in total. The lowest BCUT2D eigenvalue weighted by Gasteiger charge is -2.17. The minimum absolute atomic E-state index is 0. The third-order valence-corrected chi connectivity index (χ3v) is 4.81. The Bertz CT molecular complexity index is 765. The van der Waals surface area contributed by atoms with Crippen LogP contribution in [-0.4, -0.2) is 30.4 Å². The van der Waals surface area contributed by atoms with Crippen LogP contribution in [0.25, 0.3) is 0 Å². The molecule has 0 bridgehead atoms. The third-order valence-electron chi connectivity index (χ3n) is 4.03. The summed E-state index contributed by atoms with van der Waals surface area (Å²) in [6.45, 7) is 3.02. The average Bonchev–Trinajstić information content (AvgIpc) is 2.64. The number of amides is 1. The summed E-state index contributed by atoms with van der Waals surface area (Å²) in [5.41, 5.74) is 9.12. The molecular formula is C20H26BrIN4O. The van der Waals surface area contributed by atoms with Gasteiger partial charge in [0.15, 0.2) is 5.96 Å². The molecule has 0 aromatic heterocycles. The molecule has 27 heavy (non-hydrogen) atoms. The zero-order valence-electron chi connectivity index (χ0n) is 15.6. The van der Waals surface area contributed by atoms with E-state index in [1.54, 1.807) is 11.9 Å². The van der Waals surface area contributed by atoms with Crippen LogP contribution in [0.1, 0.15) is 24.5 Å². The van der Waals surface area contributed by atoms with Gasteiger partial charge in [0.05, 0.1) is 6.54 Å². The van der Waals surface area contributed by atoms with Gasteiger partial charge >= 0.3 is 0 Å². The van der Waals surface area contributed by atoms with Crippen molar-refractivity contribution in [3.05, 3.63) is 64.1 Å². The molecule has 7 heteroatoms. The SMILES string of the molecule is CCc1ccc(NC(N)=NCCC(=O)N(C)Cc2ccccc2Br)cc1.I. The van der Waals surface area contributed by atoms with Crippen molar-refractivity contribution in [1.29, 1.82) is 0 Å². The van der Waals surface area contributed by atoms with Gasteiger partial charge in [-0.25, -0.2) is 0 Å². The van der Waals surface area contributed by atoms with E-state index in [0.717, 1.165) is 22.1 Å². The van der Waals surface area contributed by atoms with E-state index in [2.05, 4.69) is 45.3 Å². The van der Waals surface area contributed by atoms with Crippen LogP contribution in [0.5, 0.6) is 0 Å². The number of rotatable bonds is 7. The molecule has 0 saturated carbocycles. The van der Waals surface area contributed by atoms with Gasteiger partial charge in [-0.3, -0.25) is 9.79 Å². The quantitative estimate of drug-likeness (QED) is 0.308. The number of guanidine groups is 1. The Balaban J connectivity index is 0.00000364. The van der Waals surface area contributed by atoms with Crippen LogP contribution >= 0.6 is 39.9 Å². The van der Waals surface area contributed by atoms with Crippen LogP contribution in [-0.2, 0) is 17.8 Å². The summed E-state index contributed by atoms with van der Waals surface area (Å²) < 4.78 is 1.00. The Hall–Kier alpha value is -1.61. The predicted molar refractivity (Wildman–Crippen MR) is 127 cm³/mol. The number of carbonyl (C=O) groups is 1. The van der Waals surface area contributed by atoms with Crippen LogP contribution in [0.3, 0.4) is 0 Å². The van der Waals surface area contributed by atoms with Crippen LogP contribution < -0.4 is 11.1 Å². The van der Waals surface area contributed by atoms with Crippen molar-refractivity contribution in [1.82, 2.24) is 4.90 Å². The molecule has 0 aliphatic carbocycles.